The Bertz CT molecular complexity index is 724. The van der Waals surface area contributed by atoms with Crippen molar-refractivity contribution in [3.05, 3.63) is 51.8 Å². The number of benzene rings is 1. The lowest BCUT2D eigenvalue weighted by atomic mass is 10.1. The first-order chi connectivity index (χ1) is 10.3. The molecule has 9 heteroatoms. The van der Waals surface area contributed by atoms with E-state index in [9.17, 15) is 18.0 Å². The second-order valence-electron chi connectivity index (χ2n) is 4.28. The SMILES string of the molecule is Cn1cc(Br)c(C(=O)N/N=C\c2ccccc2C(F)(F)F)n1. The lowest BCUT2D eigenvalue weighted by molar-refractivity contribution is -0.137. The van der Waals surface area contributed by atoms with Crippen molar-refractivity contribution in [1.82, 2.24) is 15.2 Å². The van der Waals surface area contributed by atoms with Crippen molar-refractivity contribution in [3.8, 4) is 0 Å². The molecule has 1 N–H and O–H groups in total. The number of hydrazone groups is 1. The van der Waals surface area contributed by atoms with Gasteiger partial charge in [-0.25, -0.2) is 5.43 Å². The van der Waals surface area contributed by atoms with E-state index >= 15 is 0 Å². The predicted molar refractivity (Wildman–Crippen MR) is 77.4 cm³/mol. The molecule has 1 heterocycles. The van der Waals surface area contributed by atoms with Gasteiger partial charge in [-0.15, -0.1) is 0 Å². The third-order valence-electron chi connectivity index (χ3n) is 2.64. The molecule has 2 aromatic rings. The van der Waals surface area contributed by atoms with Crippen molar-refractivity contribution in [2.75, 3.05) is 0 Å². The highest BCUT2D eigenvalue weighted by molar-refractivity contribution is 9.10. The van der Waals surface area contributed by atoms with Crippen molar-refractivity contribution < 1.29 is 18.0 Å². The average Bonchev–Trinajstić information content (AvgIpc) is 2.77. The molecule has 1 aromatic carbocycles. The van der Waals surface area contributed by atoms with Gasteiger partial charge in [0.2, 0.25) is 0 Å². The van der Waals surface area contributed by atoms with Gasteiger partial charge >= 0.3 is 6.18 Å². The molecule has 0 saturated carbocycles. The zero-order chi connectivity index (χ0) is 16.3. The zero-order valence-electron chi connectivity index (χ0n) is 11.2. The smallest absolute Gasteiger partial charge is 0.274 e. The molecule has 0 unspecified atom stereocenters. The second kappa shape index (κ2) is 6.30. The first kappa shape index (κ1) is 16.2. The molecule has 0 spiro atoms. The molecule has 116 valence electrons. The summed E-state index contributed by atoms with van der Waals surface area (Å²) < 4.78 is 40.2. The van der Waals surface area contributed by atoms with Gasteiger partial charge in [-0.05, 0) is 22.0 Å². The van der Waals surface area contributed by atoms with Gasteiger partial charge in [0.15, 0.2) is 5.69 Å². The predicted octanol–water partition coefficient (Wildman–Crippen LogP) is 2.97. The number of rotatable bonds is 3. The Morgan fingerprint density at radius 2 is 2.09 bits per heavy atom. The molecule has 0 aliphatic rings. The van der Waals surface area contributed by atoms with Crippen molar-refractivity contribution >= 4 is 28.1 Å². The van der Waals surface area contributed by atoms with Crippen molar-refractivity contribution in [3.63, 3.8) is 0 Å². The molecule has 2 rings (SSSR count). The Kier molecular flexibility index (Phi) is 4.65. The lowest BCUT2D eigenvalue weighted by Gasteiger charge is -2.09. The first-order valence-electron chi connectivity index (χ1n) is 5.98. The van der Waals surface area contributed by atoms with E-state index in [2.05, 4.69) is 31.6 Å². The Morgan fingerprint density at radius 1 is 1.41 bits per heavy atom. The summed E-state index contributed by atoms with van der Waals surface area (Å²) in [4.78, 5) is 11.8. The van der Waals surface area contributed by atoms with Crippen molar-refractivity contribution in [2.24, 2.45) is 12.1 Å². The van der Waals surface area contributed by atoms with Gasteiger partial charge in [-0.2, -0.15) is 23.4 Å². The maximum Gasteiger partial charge on any atom is 0.417 e. The molecule has 0 atom stereocenters. The third-order valence-corrected chi connectivity index (χ3v) is 3.22. The van der Waals surface area contributed by atoms with Crippen LogP contribution < -0.4 is 5.43 Å². The van der Waals surface area contributed by atoms with Gasteiger partial charge in [0.1, 0.15) is 0 Å². The minimum absolute atomic E-state index is 0.0868. The summed E-state index contributed by atoms with van der Waals surface area (Å²) >= 11 is 3.15. The van der Waals surface area contributed by atoms with E-state index in [1.165, 1.54) is 22.9 Å². The van der Waals surface area contributed by atoms with Crippen LogP contribution in [0.15, 0.2) is 40.0 Å². The molecular weight excluding hydrogens is 365 g/mol. The van der Waals surface area contributed by atoms with Gasteiger partial charge in [0, 0.05) is 18.8 Å². The number of aryl methyl sites for hydroxylation is 1. The molecular formula is C13H10BrF3N4O. The Morgan fingerprint density at radius 3 is 2.68 bits per heavy atom. The molecule has 0 radical (unpaired) electrons. The van der Waals surface area contributed by atoms with Crippen LogP contribution in [0.4, 0.5) is 13.2 Å². The molecule has 0 saturated heterocycles. The van der Waals surface area contributed by atoms with Crippen LogP contribution in [0.5, 0.6) is 0 Å². The molecule has 1 amide bonds. The summed E-state index contributed by atoms with van der Waals surface area (Å²) in [6, 6.07) is 4.94. The van der Waals surface area contributed by atoms with E-state index in [-0.39, 0.29) is 11.3 Å². The average molecular weight is 375 g/mol. The number of hydrogen-bond donors (Lipinski definition) is 1. The fourth-order valence-corrected chi connectivity index (χ4v) is 2.25. The normalized spacial score (nSPS) is 11.9. The first-order valence-corrected chi connectivity index (χ1v) is 6.77. The van der Waals surface area contributed by atoms with Crippen LogP contribution in [0.25, 0.3) is 0 Å². The zero-order valence-corrected chi connectivity index (χ0v) is 12.8. The number of aromatic nitrogens is 2. The Hall–Kier alpha value is -2.16. The summed E-state index contributed by atoms with van der Waals surface area (Å²) in [5.41, 5.74) is 1.25. The summed E-state index contributed by atoms with van der Waals surface area (Å²) in [7, 11) is 1.63. The molecule has 0 aliphatic heterocycles. The summed E-state index contributed by atoms with van der Waals surface area (Å²) in [6.07, 6.45) is -1.98. The van der Waals surface area contributed by atoms with Crippen LogP contribution in [0, 0.1) is 0 Å². The maximum atomic E-state index is 12.8. The fourth-order valence-electron chi connectivity index (χ4n) is 1.69. The monoisotopic (exact) mass is 374 g/mol. The van der Waals surface area contributed by atoms with E-state index in [0.29, 0.717) is 4.47 Å². The van der Waals surface area contributed by atoms with E-state index in [4.69, 9.17) is 0 Å². The third kappa shape index (κ3) is 3.73. The number of carbonyl (C=O) groups excluding carboxylic acids is 1. The van der Waals surface area contributed by atoms with Crippen LogP contribution in [0.1, 0.15) is 21.6 Å². The van der Waals surface area contributed by atoms with Gasteiger partial charge in [-0.1, -0.05) is 18.2 Å². The fraction of sp³-hybridized carbons (Fsp3) is 0.154. The number of alkyl halides is 3. The number of amides is 1. The number of halogens is 4. The largest absolute Gasteiger partial charge is 0.417 e. The van der Waals surface area contributed by atoms with Crippen molar-refractivity contribution in [2.45, 2.75) is 6.18 Å². The van der Waals surface area contributed by atoms with E-state index < -0.39 is 17.6 Å². The number of nitrogens with zero attached hydrogens (tertiary/aromatic N) is 3. The molecule has 0 bridgehead atoms. The van der Waals surface area contributed by atoms with Crippen LogP contribution in [0.2, 0.25) is 0 Å². The molecule has 0 aliphatic carbocycles. The number of carbonyl (C=O) groups is 1. The highest BCUT2D eigenvalue weighted by Gasteiger charge is 2.32. The molecule has 0 fully saturated rings. The molecule has 22 heavy (non-hydrogen) atoms. The quantitative estimate of drug-likeness (QED) is 0.663. The standard InChI is InChI=1S/C13H10BrF3N4O/c1-21-7-10(14)11(20-21)12(22)19-18-6-8-4-2-3-5-9(8)13(15,16)17/h2-7H,1H3,(H,19,22)/b18-6-. The van der Waals surface area contributed by atoms with Crippen LogP contribution >= 0.6 is 15.9 Å². The van der Waals surface area contributed by atoms with Gasteiger partial charge in [0.25, 0.3) is 5.91 Å². The summed E-state index contributed by atoms with van der Waals surface area (Å²) in [5, 5.41) is 7.44. The van der Waals surface area contributed by atoms with Gasteiger partial charge in [-0.3, -0.25) is 9.48 Å². The van der Waals surface area contributed by atoms with Crippen LogP contribution in [-0.4, -0.2) is 21.9 Å². The van der Waals surface area contributed by atoms with Crippen LogP contribution in [-0.2, 0) is 13.2 Å². The molecule has 1 aromatic heterocycles. The van der Waals surface area contributed by atoms with E-state index in [0.717, 1.165) is 12.3 Å². The minimum atomic E-state index is -4.49. The van der Waals surface area contributed by atoms with Crippen molar-refractivity contribution in [1.29, 1.82) is 0 Å². The second-order valence-corrected chi connectivity index (χ2v) is 5.14. The highest BCUT2D eigenvalue weighted by Crippen LogP contribution is 2.31. The van der Waals surface area contributed by atoms with E-state index in [1.54, 1.807) is 13.2 Å². The Labute approximate surface area is 131 Å². The van der Waals surface area contributed by atoms with Gasteiger partial charge < -0.3 is 0 Å². The summed E-state index contributed by atoms with van der Waals surface area (Å²) in [6.45, 7) is 0. The summed E-state index contributed by atoms with van der Waals surface area (Å²) in [5.74, 6) is -0.631. The number of hydrogen-bond acceptors (Lipinski definition) is 3. The van der Waals surface area contributed by atoms with Gasteiger partial charge in [0.05, 0.1) is 16.3 Å². The number of nitrogens with one attached hydrogen (secondary N) is 1. The minimum Gasteiger partial charge on any atom is -0.274 e. The topological polar surface area (TPSA) is 59.3 Å². The lowest BCUT2D eigenvalue weighted by Crippen LogP contribution is -2.19. The van der Waals surface area contributed by atoms with Crippen LogP contribution in [0.3, 0.4) is 0 Å². The Balaban J connectivity index is 2.14. The maximum absolute atomic E-state index is 12.8. The highest BCUT2D eigenvalue weighted by atomic mass is 79.9. The molecule has 5 nitrogen and oxygen atoms in total. The van der Waals surface area contributed by atoms with E-state index in [1.807, 2.05) is 0 Å².